The first-order valence-corrected chi connectivity index (χ1v) is 10.8. The third kappa shape index (κ3) is 4.59. The Morgan fingerprint density at radius 1 is 1.21 bits per heavy atom. The summed E-state index contributed by atoms with van der Waals surface area (Å²) in [6.45, 7) is 4.08. The first kappa shape index (κ1) is 20.9. The van der Waals surface area contributed by atoms with E-state index in [1.807, 2.05) is 55.5 Å². The molecule has 3 rings (SSSR count). The highest BCUT2D eigenvalue weighted by atomic mass is 79.9. The van der Waals surface area contributed by atoms with E-state index < -0.39 is 0 Å². The maximum atomic E-state index is 12.9. The second-order valence-electron chi connectivity index (χ2n) is 6.24. The summed E-state index contributed by atoms with van der Waals surface area (Å²) in [5.41, 5.74) is 1.61. The molecule has 0 saturated carbocycles. The normalized spacial score (nSPS) is 16.6. The molecule has 1 saturated heterocycles. The van der Waals surface area contributed by atoms with E-state index in [2.05, 4.69) is 22.9 Å². The lowest BCUT2D eigenvalue weighted by Crippen LogP contribution is -2.27. The minimum absolute atomic E-state index is 0.0990. The number of benzene rings is 2. The molecule has 0 aromatic heterocycles. The van der Waals surface area contributed by atoms with Crippen LogP contribution in [0.2, 0.25) is 0 Å². The molecule has 0 radical (unpaired) electrons. The lowest BCUT2D eigenvalue weighted by Gasteiger charge is -2.16. The Morgan fingerprint density at radius 3 is 2.57 bits per heavy atom. The largest absolute Gasteiger partial charge is 0.493 e. The SMILES string of the molecule is CC[C@@H](C)Oc1ccc(/C=C2/SC(=S)N(c3ccc(Br)cc3)C2=O)cc1OC. The van der Waals surface area contributed by atoms with Crippen LogP contribution >= 0.6 is 39.9 Å². The predicted octanol–water partition coefficient (Wildman–Crippen LogP) is 6.04. The summed E-state index contributed by atoms with van der Waals surface area (Å²) in [5, 5.41) is 0. The average Bonchev–Trinajstić information content (AvgIpc) is 2.96. The number of amides is 1. The van der Waals surface area contributed by atoms with Crippen molar-refractivity contribution in [2.24, 2.45) is 0 Å². The fourth-order valence-electron chi connectivity index (χ4n) is 2.60. The second kappa shape index (κ2) is 9.11. The van der Waals surface area contributed by atoms with Gasteiger partial charge in [-0.3, -0.25) is 9.69 Å². The summed E-state index contributed by atoms with van der Waals surface area (Å²) < 4.78 is 12.8. The summed E-state index contributed by atoms with van der Waals surface area (Å²) in [4.78, 5) is 15.0. The van der Waals surface area contributed by atoms with Gasteiger partial charge in [0.15, 0.2) is 15.8 Å². The molecule has 1 aliphatic heterocycles. The zero-order chi connectivity index (χ0) is 20.3. The van der Waals surface area contributed by atoms with Crippen LogP contribution in [0.3, 0.4) is 0 Å². The minimum Gasteiger partial charge on any atom is -0.493 e. The van der Waals surface area contributed by atoms with Gasteiger partial charge in [-0.25, -0.2) is 0 Å². The summed E-state index contributed by atoms with van der Waals surface area (Å²) in [6, 6.07) is 13.1. The van der Waals surface area contributed by atoms with Crippen molar-refractivity contribution in [1.82, 2.24) is 0 Å². The van der Waals surface area contributed by atoms with Crippen molar-refractivity contribution in [3.63, 3.8) is 0 Å². The molecular formula is C21H20BrNO3S2. The average molecular weight is 478 g/mol. The van der Waals surface area contributed by atoms with E-state index in [1.165, 1.54) is 11.8 Å². The quantitative estimate of drug-likeness (QED) is 0.374. The molecule has 2 aromatic carbocycles. The highest BCUT2D eigenvalue weighted by molar-refractivity contribution is 9.10. The fraction of sp³-hybridized carbons (Fsp3) is 0.238. The van der Waals surface area contributed by atoms with Crippen LogP contribution in [0.4, 0.5) is 5.69 Å². The molecule has 1 aliphatic rings. The lowest BCUT2D eigenvalue weighted by atomic mass is 10.1. The summed E-state index contributed by atoms with van der Waals surface area (Å²) in [5.74, 6) is 1.20. The van der Waals surface area contributed by atoms with Gasteiger partial charge in [0.1, 0.15) is 0 Å². The van der Waals surface area contributed by atoms with Gasteiger partial charge < -0.3 is 9.47 Å². The van der Waals surface area contributed by atoms with Crippen molar-refractivity contribution in [3.8, 4) is 11.5 Å². The molecule has 4 nitrogen and oxygen atoms in total. The Balaban J connectivity index is 1.86. The van der Waals surface area contributed by atoms with E-state index >= 15 is 0 Å². The van der Waals surface area contributed by atoms with Crippen LogP contribution in [0.25, 0.3) is 6.08 Å². The van der Waals surface area contributed by atoms with Crippen molar-refractivity contribution in [3.05, 3.63) is 57.4 Å². The van der Waals surface area contributed by atoms with Gasteiger partial charge in [0.2, 0.25) is 0 Å². The van der Waals surface area contributed by atoms with Gasteiger partial charge in [-0.1, -0.05) is 52.9 Å². The molecule has 7 heteroatoms. The predicted molar refractivity (Wildman–Crippen MR) is 123 cm³/mol. The van der Waals surface area contributed by atoms with Crippen molar-refractivity contribution >= 4 is 61.9 Å². The number of carbonyl (C=O) groups is 1. The van der Waals surface area contributed by atoms with Crippen LogP contribution in [0.5, 0.6) is 11.5 Å². The minimum atomic E-state index is -0.128. The highest BCUT2D eigenvalue weighted by Crippen LogP contribution is 2.37. The number of halogens is 1. The van der Waals surface area contributed by atoms with Gasteiger partial charge in [0.25, 0.3) is 5.91 Å². The van der Waals surface area contributed by atoms with Crippen LogP contribution in [-0.2, 0) is 4.79 Å². The standard InChI is InChI=1S/C21H20BrNO3S2/c1-4-13(2)26-17-10-5-14(11-18(17)25-3)12-19-20(24)23(21(27)28-19)16-8-6-15(22)7-9-16/h5-13H,4H2,1-3H3/b19-12+/t13-/m1/s1. The number of nitrogens with zero attached hydrogens (tertiary/aromatic N) is 1. The number of thioether (sulfide) groups is 1. The molecule has 0 spiro atoms. The second-order valence-corrected chi connectivity index (χ2v) is 8.83. The molecule has 1 amide bonds. The van der Waals surface area contributed by atoms with E-state index in [9.17, 15) is 4.79 Å². The van der Waals surface area contributed by atoms with Crippen molar-refractivity contribution < 1.29 is 14.3 Å². The Hall–Kier alpha value is -1.83. The van der Waals surface area contributed by atoms with Gasteiger partial charge in [-0.15, -0.1) is 0 Å². The molecule has 2 aromatic rings. The topological polar surface area (TPSA) is 38.8 Å². The molecular weight excluding hydrogens is 458 g/mol. The van der Waals surface area contributed by atoms with E-state index in [4.69, 9.17) is 21.7 Å². The number of anilines is 1. The lowest BCUT2D eigenvalue weighted by molar-refractivity contribution is -0.113. The Labute approximate surface area is 183 Å². The van der Waals surface area contributed by atoms with Gasteiger partial charge in [0, 0.05) is 4.47 Å². The van der Waals surface area contributed by atoms with E-state index in [0.717, 1.165) is 22.1 Å². The zero-order valence-electron chi connectivity index (χ0n) is 15.8. The monoisotopic (exact) mass is 477 g/mol. The molecule has 146 valence electrons. The Morgan fingerprint density at radius 2 is 1.93 bits per heavy atom. The molecule has 1 heterocycles. The number of thiocarbonyl (C=S) groups is 1. The summed E-state index contributed by atoms with van der Waals surface area (Å²) >= 11 is 10.1. The van der Waals surface area contributed by atoms with Gasteiger partial charge in [-0.2, -0.15) is 0 Å². The molecule has 1 atom stereocenters. The van der Waals surface area contributed by atoms with E-state index in [1.54, 1.807) is 12.0 Å². The number of hydrogen-bond donors (Lipinski definition) is 0. The summed E-state index contributed by atoms with van der Waals surface area (Å²) in [6.07, 6.45) is 2.83. The smallest absolute Gasteiger partial charge is 0.270 e. The van der Waals surface area contributed by atoms with E-state index in [0.29, 0.717) is 20.7 Å². The van der Waals surface area contributed by atoms with Crippen LogP contribution in [0.1, 0.15) is 25.8 Å². The van der Waals surface area contributed by atoms with Crippen LogP contribution in [0, 0.1) is 0 Å². The fourth-order valence-corrected chi connectivity index (χ4v) is 4.17. The maximum Gasteiger partial charge on any atom is 0.270 e. The number of hydrogen-bond acceptors (Lipinski definition) is 5. The molecule has 0 N–H and O–H groups in total. The van der Waals surface area contributed by atoms with Gasteiger partial charge in [0.05, 0.1) is 23.8 Å². The van der Waals surface area contributed by atoms with E-state index in [-0.39, 0.29) is 12.0 Å². The first-order chi connectivity index (χ1) is 13.4. The van der Waals surface area contributed by atoms with Crippen LogP contribution < -0.4 is 14.4 Å². The number of rotatable bonds is 6. The molecule has 0 bridgehead atoms. The Kier molecular flexibility index (Phi) is 6.80. The zero-order valence-corrected chi connectivity index (χ0v) is 19.0. The van der Waals surface area contributed by atoms with Crippen molar-refractivity contribution in [2.45, 2.75) is 26.4 Å². The number of methoxy groups -OCH3 is 1. The third-order valence-corrected chi connectivity index (χ3v) is 6.10. The molecule has 0 aliphatic carbocycles. The number of ether oxygens (including phenoxy) is 2. The van der Waals surface area contributed by atoms with Crippen LogP contribution in [-0.4, -0.2) is 23.4 Å². The highest BCUT2D eigenvalue weighted by Gasteiger charge is 2.33. The van der Waals surface area contributed by atoms with Crippen molar-refractivity contribution in [2.75, 3.05) is 12.0 Å². The Bertz CT molecular complexity index is 928. The molecule has 28 heavy (non-hydrogen) atoms. The number of carbonyl (C=O) groups excluding carboxylic acids is 1. The van der Waals surface area contributed by atoms with Gasteiger partial charge >= 0.3 is 0 Å². The first-order valence-electron chi connectivity index (χ1n) is 8.81. The van der Waals surface area contributed by atoms with Gasteiger partial charge in [-0.05, 0) is 61.4 Å². The van der Waals surface area contributed by atoms with Crippen molar-refractivity contribution in [1.29, 1.82) is 0 Å². The molecule has 0 unspecified atom stereocenters. The summed E-state index contributed by atoms with van der Waals surface area (Å²) in [7, 11) is 1.61. The third-order valence-electron chi connectivity index (χ3n) is 4.27. The molecule has 1 fully saturated rings. The maximum absolute atomic E-state index is 12.9. The van der Waals surface area contributed by atoms with Crippen LogP contribution in [0.15, 0.2) is 51.8 Å².